The third-order valence-electron chi connectivity index (χ3n) is 13.8. The van der Waals surface area contributed by atoms with Gasteiger partial charge in [-0.15, -0.1) is 0 Å². The molecule has 302 valence electrons. The van der Waals surface area contributed by atoms with E-state index in [0.717, 1.165) is 88.6 Å². The summed E-state index contributed by atoms with van der Waals surface area (Å²) in [5, 5.41) is 19.9. The molecule has 4 nitrogen and oxygen atoms in total. The van der Waals surface area contributed by atoms with Gasteiger partial charge in [-0.05, 0) is 110 Å². The van der Waals surface area contributed by atoms with Crippen LogP contribution in [-0.4, -0.2) is 17.5 Å². The second-order valence-corrected chi connectivity index (χ2v) is 17.4. The molecule has 4 heteroatoms. The van der Waals surface area contributed by atoms with Crippen molar-refractivity contribution in [3.63, 3.8) is 0 Å². The number of allylic oxidation sites excluding steroid dienone is 3. The smallest absolute Gasteiger partial charge is 0.136 e. The number of fused-ring (bicyclic) bond motifs is 13. The van der Waals surface area contributed by atoms with Crippen molar-refractivity contribution in [3.8, 4) is 11.1 Å². The third kappa shape index (κ3) is 5.62. The highest BCUT2D eigenvalue weighted by Crippen LogP contribution is 2.53. The molecule has 0 saturated heterocycles. The number of benzene rings is 9. The topological polar surface area (TPSA) is 52.6 Å². The van der Waals surface area contributed by atoms with E-state index in [1.54, 1.807) is 0 Å². The van der Waals surface area contributed by atoms with E-state index in [-0.39, 0.29) is 12.0 Å². The molecule has 13 rings (SSSR count). The highest BCUT2D eigenvalue weighted by atomic mass is 16.3. The van der Waals surface area contributed by atoms with Crippen LogP contribution in [-0.2, 0) is 0 Å². The Labute approximate surface area is 370 Å². The minimum atomic E-state index is 0.0178. The van der Waals surface area contributed by atoms with Crippen LogP contribution >= 0.6 is 0 Å². The van der Waals surface area contributed by atoms with Crippen molar-refractivity contribution in [2.24, 2.45) is 4.99 Å². The first-order valence-electron chi connectivity index (χ1n) is 22.2. The highest BCUT2D eigenvalue weighted by molar-refractivity contribution is 6.29. The Balaban J connectivity index is 1.14. The summed E-state index contributed by atoms with van der Waals surface area (Å²) in [6.07, 6.45) is 7.70. The van der Waals surface area contributed by atoms with Gasteiger partial charge in [0.25, 0.3) is 0 Å². The van der Waals surface area contributed by atoms with E-state index in [1.165, 1.54) is 33.0 Å². The number of nitrogens with one attached hydrogen (secondary N) is 1. The van der Waals surface area contributed by atoms with Crippen LogP contribution in [0.5, 0.6) is 0 Å². The van der Waals surface area contributed by atoms with Crippen molar-refractivity contribution in [1.82, 2.24) is 0 Å². The maximum Gasteiger partial charge on any atom is 0.136 e. The molecule has 1 aliphatic carbocycles. The van der Waals surface area contributed by atoms with Gasteiger partial charge >= 0.3 is 0 Å². The van der Waals surface area contributed by atoms with E-state index < -0.39 is 0 Å². The second kappa shape index (κ2) is 14.2. The summed E-state index contributed by atoms with van der Waals surface area (Å²) >= 11 is 0. The van der Waals surface area contributed by atoms with Crippen molar-refractivity contribution in [2.45, 2.75) is 25.3 Å². The quantitative estimate of drug-likeness (QED) is 0.142. The summed E-state index contributed by atoms with van der Waals surface area (Å²) in [7, 11) is 0. The average Bonchev–Trinajstić information content (AvgIpc) is 3.89. The lowest BCUT2D eigenvalue weighted by Gasteiger charge is -2.31. The molecule has 3 aliphatic rings. The first-order chi connectivity index (χ1) is 31.6. The van der Waals surface area contributed by atoms with E-state index in [1.807, 2.05) is 12.1 Å². The van der Waals surface area contributed by atoms with Gasteiger partial charge in [0.05, 0.1) is 23.1 Å². The Morgan fingerprint density at radius 3 is 2.16 bits per heavy atom. The van der Waals surface area contributed by atoms with E-state index in [0.29, 0.717) is 12.1 Å². The van der Waals surface area contributed by atoms with Crippen LogP contribution in [0.1, 0.15) is 41.5 Å². The number of rotatable bonds is 4. The SMILES string of the molecule is C/C(=N\C(=C1\CC2=CC3C(C=C2)c2cc4ccccc4cc2N3c2ccc3oc4ccccc4c3c2C1=N)c1cc2ccccc2c2ccccc12)c1cccc(-c2ccccc2)c1. The van der Waals surface area contributed by atoms with Crippen LogP contribution in [0.4, 0.5) is 11.4 Å². The summed E-state index contributed by atoms with van der Waals surface area (Å²) in [6, 6.07) is 64.8. The van der Waals surface area contributed by atoms with E-state index in [4.69, 9.17) is 9.41 Å². The molecule has 0 spiro atoms. The molecule has 0 amide bonds. The molecule has 64 heavy (non-hydrogen) atoms. The fraction of sp³-hybridized carbons (Fsp3) is 0.0667. The maximum atomic E-state index is 10.9. The first-order valence-corrected chi connectivity index (χ1v) is 22.2. The number of hydrogen-bond donors (Lipinski definition) is 1. The largest absolute Gasteiger partial charge is 0.456 e. The molecular formula is C60H41N3O. The number of nitrogens with zero attached hydrogens (tertiary/aromatic N) is 2. The van der Waals surface area contributed by atoms with Crippen LogP contribution in [0.2, 0.25) is 0 Å². The lowest BCUT2D eigenvalue weighted by atomic mass is 9.84. The number of anilines is 2. The number of hydrogen-bond acceptors (Lipinski definition) is 4. The van der Waals surface area contributed by atoms with Crippen LogP contribution in [0.25, 0.3) is 71.1 Å². The molecule has 1 aromatic heterocycles. The predicted molar refractivity (Wildman–Crippen MR) is 267 cm³/mol. The Kier molecular flexibility index (Phi) is 8.13. The van der Waals surface area contributed by atoms with Crippen molar-refractivity contribution < 1.29 is 4.42 Å². The van der Waals surface area contributed by atoms with Gasteiger partial charge in [0.2, 0.25) is 0 Å². The van der Waals surface area contributed by atoms with Crippen molar-refractivity contribution in [2.75, 3.05) is 4.90 Å². The van der Waals surface area contributed by atoms with E-state index in [2.05, 4.69) is 200 Å². The molecule has 3 heterocycles. The summed E-state index contributed by atoms with van der Waals surface area (Å²) < 4.78 is 6.64. The minimum absolute atomic E-state index is 0.0178. The molecular weight excluding hydrogens is 779 g/mol. The predicted octanol–water partition coefficient (Wildman–Crippen LogP) is 15.5. The Bertz CT molecular complexity index is 3750. The Morgan fingerprint density at radius 1 is 0.609 bits per heavy atom. The van der Waals surface area contributed by atoms with Gasteiger partial charge in [0, 0.05) is 51.2 Å². The van der Waals surface area contributed by atoms with Gasteiger partial charge in [-0.25, -0.2) is 0 Å². The summed E-state index contributed by atoms with van der Waals surface area (Å²) in [5.41, 5.74) is 14.4. The average molecular weight is 820 g/mol. The lowest BCUT2D eigenvalue weighted by molar-refractivity contribution is 0.668. The van der Waals surface area contributed by atoms with Gasteiger partial charge in [0.1, 0.15) is 11.2 Å². The van der Waals surface area contributed by atoms with Gasteiger partial charge in [0.15, 0.2) is 0 Å². The molecule has 0 radical (unpaired) electrons. The molecule has 1 N–H and O–H groups in total. The normalized spacial score (nSPS) is 17.7. The lowest BCUT2D eigenvalue weighted by Crippen LogP contribution is -2.30. The second-order valence-electron chi connectivity index (χ2n) is 17.4. The van der Waals surface area contributed by atoms with Gasteiger partial charge in [-0.3, -0.25) is 10.4 Å². The van der Waals surface area contributed by atoms with Crippen LogP contribution in [0, 0.1) is 5.41 Å². The molecule has 10 aromatic rings. The minimum Gasteiger partial charge on any atom is -0.456 e. The monoisotopic (exact) mass is 819 g/mol. The van der Waals surface area contributed by atoms with Gasteiger partial charge in [-0.2, -0.15) is 0 Å². The summed E-state index contributed by atoms with van der Waals surface area (Å²) in [4.78, 5) is 8.29. The van der Waals surface area contributed by atoms with Crippen LogP contribution in [0.3, 0.4) is 0 Å². The number of furan rings is 1. The zero-order valence-corrected chi connectivity index (χ0v) is 35.2. The third-order valence-corrected chi connectivity index (χ3v) is 13.8. The number of para-hydroxylation sites is 1. The standard InChI is InChI=1S/C60H41N3O/c1-36(39-19-13-20-40(32-39)38-14-3-2-4-15-38)62-60(50-34-43-18-7-8-21-44(43)45-22-9-10-23-46(45)50)51-30-37-26-27-47-49-33-41-16-5-6-17-42(41)35-54(49)63(53(47)31-37)52-28-29-56-57(58(52)59(51)61)48-24-11-12-25-55(48)64-56/h2-29,31-35,47,53,61H,30H2,1H3/b60-51-,61-59?,62-36+. The van der Waals surface area contributed by atoms with Crippen molar-refractivity contribution >= 4 is 82.8 Å². The molecule has 9 aromatic carbocycles. The van der Waals surface area contributed by atoms with E-state index >= 15 is 0 Å². The molecule has 0 saturated carbocycles. The Morgan fingerprint density at radius 2 is 1.31 bits per heavy atom. The van der Waals surface area contributed by atoms with Crippen molar-refractivity contribution in [1.29, 1.82) is 5.41 Å². The Hall–Kier alpha value is -8.08. The first kappa shape index (κ1) is 36.6. The molecule has 2 aliphatic heterocycles. The zero-order chi connectivity index (χ0) is 42.5. The fourth-order valence-corrected chi connectivity index (χ4v) is 10.8. The number of aliphatic imine (C=N–C) groups is 1. The summed E-state index contributed by atoms with van der Waals surface area (Å²) in [5.74, 6) is 0.147. The molecule has 2 bridgehead atoms. The molecule has 2 unspecified atom stereocenters. The van der Waals surface area contributed by atoms with Crippen LogP contribution in [0.15, 0.2) is 221 Å². The van der Waals surface area contributed by atoms with Gasteiger partial charge < -0.3 is 9.32 Å². The summed E-state index contributed by atoms with van der Waals surface area (Å²) in [6.45, 7) is 2.12. The highest BCUT2D eigenvalue weighted by Gasteiger charge is 2.42. The fourth-order valence-electron chi connectivity index (χ4n) is 10.8. The van der Waals surface area contributed by atoms with Gasteiger partial charge in [-0.1, -0.05) is 158 Å². The maximum absolute atomic E-state index is 10.9. The zero-order valence-electron chi connectivity index (χ0n) is 35.2. The molecule has 0 fully saturated rings. The molecule has 2 atom stereocenters. The van der Waals surface area contributed by atoms with Crippen molar-refractivity contribution in [3.05, 3.63) is 234 Å². The van der Waals surface area contributed by atoms with Crippen LogP contribution < -0.4 is 4.90 Å². The van der Waals surface area contributed by atoms with E-state index in [9.17, 15) is 5.41 Å².